The summed E-state index contributed by atoms with van der Waals surface area (Å²) in [6, 6.07) is 25.6. The fourth-order valence-corrected chi connectivity index (χ4v) is 6.18. The Labute approximate surface area is 188 Å². The van der Waals surface area contributed by atoms with E-state index in [0.29, 0.717) is 31.1 Å². The summed E-state index contributed by atoms with van der Waals surface area (Å²) < 4.78 is 12.8. The molecule has 3 aliphatic carbocycles. The third kappa shape index (κ3) is 2.78. The topological polar surface area (TPSA) is 34.1 Å². The molecule has 4 heteroatoms. The average molecular weight is 423 g/mol. The molecule has 4 bridgehead atoms. The molecule has 8 rings (SSSR count). The highest BCUT2D eigenvalue weighted by atomic mass is 16.5. The monoisotopic (exact) mass is 422 g/mol. The van der Waals surface area contributed by atoms with E-state index in [1.165, 1.54) is 25.0 Å². The minimum Gasteiger partial charge on any atom is -0.488 e. The van der Waals surface area contributed by atoms with Crippen molar-refractivity contribution in [1.82, 2.24) is 0 Å². The van der Waals surface area contributed by atoms with Gasteiger partial charge in [-0.05, 0) is 66.5 Å². The summed E-state index contributed by atoms with van der Waals surface area (Å²) in [5.41, 5.74) is 5.71. The van der Waals surface area contributed by atoms with Crippen LogP contribution < -0.4 is 14.5 Å². The fourth-order valence-electron chi connectivity index (χ4n) is 6.18. The van der Waals surface area contributed by atoms with Crippen molar-refractivity contribution < 1.29 is 9.47 Å². The van der Waals surface area contributed by atoms with Gasteiger partial charge in [-0.1, -0.05) is 48.5 Å². The van der Waals surface area contributed by atoms with Crippen LogP contribution in [-0.4, -0.2) is 11.8 Å². The average Bonchev–Trinajstić information content (AvgIpc) is 3.22. The van der Waals surface area contributed by atoms with Gasteiger partial charge in [0.25, 0.3) is 0 Å². The normalized spacial score (nSPS) is 27.4. The van der Waals surface area contributed by atoms with Crippen molar-refractivity contribution in [3.63, 3.8) is 0 Å². The fraction of sp³-hybridized carbons (Fsp3) is 0.321. The number of ether oxygens (including phenoxy) is 2. The van der Waals surface area contributed by atoms with E-state index in [0.717, 1.165) is 39.8 Å². The molecule has 0 aromatic heterocycles. The first-order chi connectivity index (χ1) is 15.8. The minimum absolute atomic E-state index is 0.406. The lowest BCUT2D eigenvalue weighted by atomic mass is 9.57. The smallest absolute Gasteiger partial charge is 0.145 e. The quantitative estimate of drug-likeness (QED) is 0.459. The molecule has 3 aromatic carbocycles. The Kier molecular flexibility index (Phi) is 4.08. The Morgan fingerprint density at radius 1 is 0.719 bits per heavy atom. The highest BCUT2D eigenvalue weighted by Gasteiger charge is 2.54. The van der Waals surface area contributed by atoms with E-state index in [9.17, 15) is 0 Å². The van der Waals surface area contributed by atoms with Gasteiger partial charge in [0.2, 0.25) is 0 Å². The molecule has 0 unspecified atom stereocenters. The van der Waals surface area contributed by atoms with Gasteiger partial charge in [0, 0.05) is 11.5 Å². The van der Waals surface area contributed by atoms with E-state index in [4.69, 9.17) is 14.6 Å². The summed E-state index contributed by atoms with van der Waals surface area (Å²) >= 11 is 0. The van der Waals surface area contributed by atoms with Crippen LogP contribution in [0.25, 0.3) is 0 Å². The van der Waals surface area contributed by atoms with Gasteiger partial charge >= 0.3 is 0 Å². The Hall–Kier alpha value is -3.27. The number of fused-ring (bicyclic) bond motifs is 6. The molecule has 32 heavy (non-hydrogen) atoms. The minimum atomic E-state index is 0.406. The molecule has 0 spiro atoms. The Morgan fingerprint density at radius 2 is 1.38 bits per heavy atom. The van der Waals surface area contributed by atoms with Crippen molar-refractivity contribution in [2.75, 3.05) is 5.01 Å². The maximum Gasteiger partial charge on any atom is 0.145 e. The van der Waals surface area contributed by atoms with Crippen LogP contribution in [0.2, 0.25) is 0 Å². The highest BCUT2D eigenvalue weighted by molar-refractivity contribution is 6.07. The van der Waals surface area contributed by atoms with Gasteiger partial charge in [-0.25, -0.2) is 0 Å². The van der Waals surface area contributed by atoms with Gasteiger partial charge in [0.15, 0.2) is 0 Å². The molecule has 0 amide bonds. The molecule has 3 fully saturated rings. The van der Waals surface area contributed by atoms with Crippen LogP contribution in [0.4, 0.5) is 5.69 Å². The molecular weight excluding hydrogens is 396 g/mol. The summed E-state index contributed by atoms with van der Waals surface area (Å²) in [6.45, 7) is 1.04. The van der Waals surface area contributed by atoms with Gasteiger partial charge in [0.05, 0.1) is 11.8 Å². The standard InChI is InChI=1S/C28H26N2O2/c1-2-8-20-17-32-26-12-6-4-10-24(26)30-28-21-13-18(14-21)15-23(28)27(29-30)22-9-3-5-11-25(22)31-16-19(20)7-1/h1-12,18,21,23,28H,13-17H2/t18?,21?,23-,28-/m0/s1. The zero-order chi connectivity index (χ0) is 21.1. The summed E-state index contributed by atoms with van der Waals surface area (Å²) in [4.78, 5) is 0. The number of para-hydroxylation sites is 3. The molecule has 2 heterocycles. The van der Waals surface area contributed by atoms with Crippen molar-refractivity contribution in [2.24, 2.45) is 22.9 Å². The number of hydrogen-bond acceptors (Lipinski definition) is 4. The lowest BCUT2D eigenvalue weighted by molar-refractivity contribution is 0.0702. The number of rotatable bonds is 0. The molecule has 2 atom stereocenters. The van der Waals surface area contributed by atoms with Crippen molar-refractivity contribution in [3.05, 3.63) is 89.5 Å². The SMILES string of the molecule is c1ccc2c(c1)COc1ccccc1C1=NN(c3ccccc3OC2)[C@H]2C3CC(C3)C[C@@H]12. The predicted molar refractivity (Wildman–Crippen MR) is 125 cm³/mol. The van der Waals surface area contributed by atoms with Gasteiger partial charge in [0.1, 0.15) is 30.4 Å². The maximum atomic E-state index is 6.42. The lowest BCUT2D eigenvalue weighted by Crippen LogP contribution is -2.51. The molecule has 0 saturated heterocycles. The first-order valence-electron chi connectivity index (χ1n) is 11.7. The molecule has 160 valence electrons. The number of hydrogen-bond donors (Lipinski definition) is 0. The van der Waals surface area contributed by atoms with Gasteiger partial charge in [-0.15, -0.1) is 0 Å². The number of benzene rings is 3. The second kappa shape index (κ2) is 7.13. The van der Waals surface area contributed by atoms with Crippen LogP contribution in [-0.2, 0) is 13.2 Å². The van der Waals surface area contributed by atoms with Crippen LogP contribution in [0.5, 0.6) is 11.5 Å². The molecule has 2 aliphatic heterocycles. The Morgan fingerprint density at radius 3 is 2.19 bits per heavy atom. The summed E-state index contributed by atoms with van der Waals surface area (Å²) in [6.07, 6.45) is 3.88. The first-order valence-corrected chi connectivity index (χ1v) is 11.7. The van der Waals surface area contributed by atoms with Crippen molar-refractivity contribution >= 4 is 11.4 Å². The van der Waals surface area contributed by atoms with Gasteiger partial charge in [-0.3, -0.25) is 5.01 Å². The number of nitrogens with zero attached hydrogens (tertiary/aromatic N) is 2. The second-order valence-electron chi connectivity index (χ2n) is 9.57. The van der Waals surface area contributed by atoms with Crippen LogP contribution in [0, 0.1) is 17.8 Å². The third-order valence-electron chi connectivity index (χ3n) is 7.76. The molecule has 0 N–H and O–H groups in total. The summed E-state index contributed by atoms with van der Waals surface area (Å²) in [5.74, 6) is 3.82. The third-order valence-corrected chi connectivity index (χ3v) is 7.76. The van der Waals surface area contributed by atoms with E-state index in [2.05, 4.69) is 77.8 Å². The summed E-state index contributed by atoms with van der Waals surface area (Å²) in [5, 5.41) is 7.58. The van der Waals surface area contributed by atoms with Crippen molar-refractivity contribution in [3.8, 4) is 11.5 Å². The summed E-state index contributed by atoms with van der Waals surface area (Å²) in [7, 11) is 0. The molecule has 0 radical (unpaired) electrons. The zero-order valence-corrected chi connectivity index (χ0v) is 18.0. The van der Waals surface area contributed by atoms with Crippen molar-refractivity contribution in [1.29, 1.82) is 0 Å². The Bertz CT molecular complexity index is 1210. The number of anilines is 1. The van der Waals surface area contributed by atoms with E-state index >= 15 is 0 Å². The van der Waals surface area contributed by atoms with Gasteiger partial charge in [-0.2, -0.15) is 5.10 Å². The van der Waals surface area contributed by atoms with E-state index in [1.807, 2.05) is 0 Å². The lowest BCUT2D eigenvalue weighted by Gasteiger charge is -2.50. The molecule has 3 saturated carbocycles. The molecule has 3 aromatic rings. The molecule has 4 nitrogen and oxygen atoms in total. The first kappa shape index (κ1) is 18.3. The van der Waals surface area contributed by atoms with Crippen molar-refractivity contribution in [2.45, 2.75) is 38.5 Å². The number of hydrazone groups is 1. The predicted octanol–water partition coefficient (Wildman–Crippen LogP) is 5.80. The van der Waals surface area contributed by atoms with Crippen LogP contribution >= 0.6 is 0 Å². The van der Waals surface area contributed by atoms with Crippen LogP contribution in [0.3, 0.4) is 0 Å². The van der Waals surface area contributed by atoms with Crippen LogP contribution in [0.15, 0.2) is 77.9 Å². The molecule has 5 aliphatic rings. The largest absolute Gasteiger partial charge is 0.488 e. The van der Waals surface area contributed by atoms with E-state index in [-0.39, 0.29) is 0 Å². The Balaban J connectivity index is 1.41. The maximum absolute atomic E-state index is 6.42. The van der Waals surface area contributed by atoms with Gasteiger partial charge < -0.3 is 9.47 Å². The molecular formula is C28H26N2O2. The van der Waals surface area contributed by atoms with E-state index in [1.54, 1.807) is 0 Å². The van der Waals surface area contributed by atoms with Crippen LogP contribution in [0.1, 0.15) is 36.0 Å². The second-order valence-corrected chi connectivity index (χ2v) is 9.57. The zero-order valence-electron chi connectivity index (χ0n) is 18.0. The highest BCUT2D eigenvalue weighted by Crippen LogP contribution is 2.55. The van der Waals surface area contributed by atoms with E-state index < -0.39 is 0 Å².